The van der Waals surface area contributed by atoms with Crippen LogP contribution in [0.25, 0.3) is 0 Å². The van der Waals surface area contributed by atoms with Crippen molar-refractivity contribution >= 4 is 5.69 Å². The van der Waals surface area contributed by atoms with Crippen LogP contribution in [0.5, 0.6) is 0 Å². The Labute approximate surface area is 117 Å². The second-order valence-corrected chi connectivity index (χ2v) is 5.33. The predicted molar refractivity (Wildman–Crippen MR) is 73.6 cm³/mol. The third kappa shape index (κ3) is 3.07. The fourth-order valence-corrected chi connectivity index (χ4v) is 2.48. The monoisotopic (exact) mass is 287 g/mol. The summed E-state index contributed by atoms with van der Waals surface area (Å²) < 4.78 is 39.6. The van der Waals surface area contributed by atoms with Gasteiger partial charge in [-0.25, -0.2) is 0 Å². The molecule has 0 aromatic heterocycles. The molecule has 0 aliphatic carbocycles. The first-order chi connectivity index (χ1) is 9.32. The van der Waals surface area contributed by atoms with Crippen molar-refractivity contribution in [2.24, 2.45) is 5.73 Å². The Morgan fingerprint density at radius 2 is 2.00 bits per heavy atom. The number of nitrogens with zero attached hydrogens (tertiary/aromatic N) is 2. The van der Waals surface area contributed by atoms with Crippen LogP contribution in [0.1, 0.15) is 18.1 Å². The van der Waals surface area contributed by atoms with Crippen molar-refractivity contribution in [2.75, 3.05) is 31.6 Å². The summed E-state index contributed by atoms with van der Waals surface area (Å²) in [5.41, 5.74) is 5.62. The third-order valence-corrected chi connectivity index (χ3v) is 3.90. The summed E-state index contributed by atoms with van der Waals surface area (Å²) >= 11 is 0. The molecule has 6 heteroatoms. The second kappa shape index (κ2) is 5.61. The van der Waals surface area contributed by atoms with Crippen LogP contribution in [0.4, 0.5) is 18.9 Å². The largest absolute Gasteiger partial charge is 0.418 e. The van der Waals surface area contributed by atoms with E-state index in [2.05, 4.69) is 4.90 Å². The van der Waals surface area contributed by atoms with Crippen LogP contribution < -0.4 is 10.6 Å². The summed E-state index contributed by atoms with van der Waals surface area (Å²) in [4.78, 5) is 3.96. The zero-order valence-electron chi connectivity index (χ0n) is 11.7. The number of anilines is 1. The maximum absolute atomic E-state index is 13.2. The normalized spacial score (nSPS) is 21.3. The number of alkyl halides is 3. The first-order valence-corrected chi connectivity index (χ1v) is 6.68. The highest BCUT2D eigenvalue weighted by Crippen LogP contribution is 2.37. The van der Waals surface area contributed by atoms with Crippen LogP contribution >= 0.6 is 0 Å². The average Bonchev–Trinajstić information content (AvgIpc) is 2.40. The van der Waals surface area contributed by atoms with Crippen molar-refractivity contribution in [3.8, 4) is 0 Å². The smallest absolute Gasteiger partial charge is 0.368 e. The van der Waals surface area contributed by atoms with Gasteiger partial charge in [-0.2, -0.15) is 13.2 Å². The van der Waals surface area contributed by atoms with Crippen molar-refractivity contribution in [3.63, 3.8) is 0 Å². The molecule has 2 N–H and O–H groups in total. The summed E-state index contributed by atoms with van der Waals surface area (Å²) in [5, 5.41) is 0. The maximum Gasteiger partial charge on any atom is 0.418 e. The molecule has 0 radical (unpaired) electrons. The minimum Gasteiger partial charge on any atom is -0.368 e. The number of rotatable bonds is 2. The predicted octanol–water partition coefficient (Wildman–Crippen LogP) is 2.30. The number of benzene rings is 1. The number of nitrogens with two attached hydrogens (primary N) is 1. The first kappa shape index (κ1) is 15.1. The molecule has 1 heterocycles. The lowest BCUT2D eigenvalue weighted by Gasteiger charge is -2.40. The molecule has 0 spiro atoms. The molecular weight excluding hydrogens is 267 g/mol. The lowest BCUT2D eigenvalue weighted by atomic mass is 10.1. The number of likely N-dealkylation sites (N-methyl/N-ethyl adjacent to an activating group) is 1. The van der Waals surface area contributed by atoms with Crippen LogP contribution in [0, 0.1) is 0 Å². The third-order valence-electron chi connectivity index (χ3n) is 3.90. The summed E-state index contributed by atoms with van der Waals surface area (Å²) in [7, 11) is 1.99. The molecule has 1 saturated heterocycles. The lowest BCUT2D eigenvalue weighted by molar-refractivity contribution is -0.137. The molecule has 112 valence electrons. The van der Waals surface area contributed by atoms with Gasteiger partial charge in [-0.05, 0) is 31.7 Å². The lowest BCUT2D eigenvalue weighted by Crippen LogP contribution is -2.50. The molecule has 1 atom stereocenters. The van der Waals surface area contributed by atoms with Crippen LogP contribution in [-0.4, -0.2) is 37.6 Å². The van der Waals surface area contributed by atoms with Gasteiger partial charge in [0.15, 0.2) is 0 Å². The van der Waals surface area contributed by atoms with Gasteiger partial charge in [-0.15, -0.1) is 0 Å². The van der Waals surface area contributed by atoms with Gasteiger partial charge in [0, 0.05) is 37.9 Å². The summed E-state index contributed by atoms with van der Waals surface area (Å²) in [6, 6.07) is 4.62. The van der Waals surface area contributed by atoms with Crippen molar-refractivity contribution in [2.45, 2.75) is 25.7 Å². The highest BCUT2D eigenvalue weighted by Gasteiger charge is 2.36. The summed E-state index contributed by atoms with van der Waals surface area (Å²) in [6.45, 7) is 4.10. The van der Waals surface area contributed by atoms with Crippen LogP contribution in [-0.2, 0) is 12.7 Å². The Kier molecular flexibility index (Phi) is 4.25. The SMILES string of the molecule is CC1CN(c2ccc(CN)cc2C(F)(F)F)CCN1C. The van der Waals surface area contributed by atoms with Gasteiger partial charge >= 0.3 is 6.18 Å². The van der Waals surface area contributed by atoms with Gasteiger partial charge in [-0.1, -0.05) is 6.07 Å². The van der Waals surface area contributed by atoms with E-state index < -0.39 is 11.7 Å². The molecule has 1 aliphatic rings. The van der Waals surface area contributed by atoms with E-state index in [1.54, 1.807) is 12.1 Å². The van der Waals surface area contributed by atoms with E-state index in [0.717, 1.165) is 6.54 Å². The Balaban J connectivity index is 2.36. The molecule has 1 unspecified atom stereocenters. The molecule has 1 aromatic rings. The molecule has 1 fully saturated rings. The van der Waals surface area contributed by atoms with Crippen molar-refractivity contribution in [3.05, 3.63) is 29.3 Å². The molecule has 0 saturated carbocycles. The first-order valence-electron chi connectivity index (χ1n) is 6.68. The molecule has 1 aliphatic heterocycles. The van der Waals surface area contributed by atoms with E-state index in [1.165, 1.54) is 6.07 Å². The van der Waals surface area contributed by atoms with E-state index in [1.807, 2.05) is 18.9 Å². The Morgan fingerprint density at radius 1 is 1.30 bits per heavy atom. The number of hydrogen-bond donors (Lipinski definition) is 1. The highest BCUT2D eigenvalue weighted by atomic mass is 19.4. The summed E-state index contributed by atoms with van der Waals surface area (Å²) in [6.07, 6.45) is -4.35. The van der Waals surface area contributed by atoms with E-state index in [4.69, 9.17) is 5.73 Å². The standard InChI is InChI=1S/C14H20F3N3/c1-10-9-20(6-5-19(10)2)13-4-3-11(8-18)7-12(13)14(15,16)17/h3-4,7,10H,5-6,8-9,18H2,1-2H3. The molecule has 2 rings (SSSR count). The average molecular weight is 287 g/mol. The van der Waals surface area contributed by atoms with E-state index in [9.17, 15) is 13.2 Å². The topological polar surface area (TPSA) is 32.5 Å². The van der Waals surface area contributed by atoms with Crippen molar-refractivity contribution in [1.29, 1.82) is 0 Å². The second-order valence-electron chi connectivity index (χ2n) is 5.33. The number of hydrogen-bond acceptors (Lipinski definition) is 3. The number of halogens is 3. The van der Waals surface area contributed by atoms with Crippen molar-refractivity contribution < 1.29 is 13.2 Å². The van der Waals surface area contributed by atoms with Crippen LogP contribution in [0.2, 0.25) is 0 Å². The van der Waals surface area contributed by atoms with Gasteiger partial charge in [0.1, 0.15) is 0 Å². The molecular formula is C14H20F3N3. The molecule has 0 amide bonds. The highest BCUT2D eigenvalue weighted by molar-refractivity contribution is 5.57. The fourth-order valence-electron chi connectivity index (χ4n) is 2.48. The Bertz CT molecular complexity index is 473. The van der Waals surface area contributed by atoms with E-state index >= 15 is 0 Å². The minimum atomic E-state index is -4.35. The number of piperazine rings is 1. The Morgan fingerprint density at radius 3 is 2.55 bits per heavy atom. The zero-order valence-corrected chi connectivity index (χ0v) is 11.7. The molecule has 1 aromatic carbocycles. The minimum absolute atomic E-state index is 0.114. The van der Waals surface area contributed by atoms with E-state index in [0.29, 0.717) is 18.7 Å². The van der Waals surface area contributed by atoms with Gasteiger partial charge in [0.25, 0.3) is 0 Å². The van der Waals surface area contributed by atoms with Crippen molar-refractivity contribution in [1.82, 2.24) is 4.90 Å². The molecule has 0 bridgehead atoms. The summed E-state index contributed by atoms with van der Waals surface area (Å²) in [5.74, 6) is 0. The quantitative estimate of drug-likeness (QED) is 0.906. The molecule has 3 nitrogen and oxygen atoms in total. The fraction of sp³-hybridized carbons (Fsp3) is 0.571. The van der Waals surface area contributed by atoms with Crippen LogP contribution in [0.3, 0.4) is 0 Å². The van der Waals surface area contributed by atoms with Gasteiger partial charge in [0.05, 0.1) is 5.56 Å². The van der Waals surface area contributed by atoms with E-state index in [-0.39, 0.29) is 18.3 Å². The molecule has 20 heavy (non-hydrogen) atoms. The Hall–Kier alpha value is -1.27. The maximum atomic E-state index is 13.2. The zero-order chi connectivity index (χ0) is 14.9. The van der Waals surface area contributed by atoms with Gasteiger partial charge < -0.3 is 15.5 Å². The van der Waals surface area contributed by atoms with Gasteiger partial charge in [0.2, 0.25) is 0 Å². The van der Waals surface area contributed by atoms with Gasteiger partial charge in [-0.3, -0.25) is 0 Å². The van der Waals surface area contributed by atoms with Crippen LogP contribution in [0.15, 0.2) is 18.2 Å².